The molecule has 2 aromatic carbocycles. The average Bonchev–Trinajstić information content (AvgIpc) is 2.83. The summed E-state index contributed by atoms with van der Waals surface area (Å²) in [6.07, 6.45) is 1.44. The Kier molecular flexibility index (Phi) is 5.30. The third-order valence-electron chi connectivity index (χ3n) is 4.12. The van der Waals surface area contributed by atoms with E-state index >= 15 is 0 Å². The predicted molar refractivity (Wildman–Crippen MR) is 99.1 cm³/mol. The molecule has 1 aliphatic heterocycles. The van der Waals surface area contributed by atoms with Crippen LogP contribution in [0.25, 0.3) is 0 Å². The average molecular weight is 378 g/mol. The molecule has 0 bridgehead atoms. The second kappa shape index (κ2) is 7.46. The van der Waals surface area contributed by atoms with Gasteiger partial charge in [-0.05, 0) is 43.5 Å². The van der Waals surface area contributed by atoms with Crippen molar-refractivity contribution in [2.45, 2.75) is 19.8 Å². The van der Waals surface area contributed by atoms with Crippen molar-refractivity contribution in [1.82, 2.24) is 0 Å². The highest BCUT2D eigenvalue weighted by Gasteiger charge is 2.36. The van der Waals surface area contributed by atoms with Crippen LogP contribution >= 0.6 is 23.2 Å². The monoisotopic (exact) mass is 377 g/mol. The first-order chi connectivity index (χ1) is 12.0. The topological polar surface area (TPSA) is 46.6 Å². The van der Waals surface area contributed by atoms with Gasteiger partial charge >= 0.3 is 0 Å². The number of para-hydroxylation sites is 1. The van der Waals surface area contributed by atoms with Gasteiger partial charge in [0.25, 0.3) is 11.7 Å². The molecule has 130 valence electrons. The largest absolute Gasteiger partial charge is 0.492 e. The molecule has 3 rings (SSSR count). The number of anilines is 1. The van der Waals surface area contributed by atoms with Gasteiger partial charge in [-0.2, -0.15) is 0 Å². The lowest BCUT2D eigenvalue weighted by atomic mass is 10.1. The molecule has 1 heterocycles. The number of fused-ring (bicyclic) bond motifs is 1. The van der Waals surface area contributed by atoms with E-state index in [-0.39, 0.29) is 0 Å². The molecule has 0 saturated heterocycles. The predicted octanol–water partition coefficient (Wildman–Crippen LogP) is 4.69. The summed E-state index contributed by atoms with van der Waals surface area (Å²) in [6, 6.07) is 10.5. The van der Waals surface area contributed by atoms with Crippen LogP contribution in [0.3, 0.4) is 0 Å². The van der Waals surface area contributed by atoms with E-state index in [1.807, 2.05) is 13.0 Å². The summed E-state index contributed by atoms with van der Waals surface area (Å²) in [4.78, 5) is 25.8. The summed E-state index contributed by atoms with van der Waals surface area (Å²) < 4.78 is 5.64. The number of carbonyl (C=O) groups excluding carboxylic acids is 2. The summed E-state index contributed by atoms with van der Waals surface area (Å²) >= 11 is 12.0. The number of carbonyl (C=O) groups is 2. The summed E-state index contributed by atoms with van der Waals surface area (Å²) in [6.45, 7) is 2.84. The first kappa shape index (κ1) is 17.8. The molecular formula is C19H17Cl2NO3. The first-order valence-corrected chi connectivity index (χ1v) is 8.78. The zero-order chi connectivity index (χ0) is 18.0. The third kappa shape index (κ3) is 3.65. The highest BCUT2D eigenvalue weighted by molar-refractivity contribution is 6.52. The SMILES string of the molecule is Cc1cccc2c1N(CCCCOc1cc(Cl)ccc1Cl)C(=O)C2=O. The lowest BCUT2D eigenvalue weighted by Crippen LogP contribution is -2.31. The van der Waals surface area contributed by atoms with Crippen molar-refractivity contribution in [2.24, 2.45) is 0 Å². The quantitative estimate of drug-likeness (QED) is 0.541. The third-order valence-corrected chi connectivity index (χ3v) is 4.67. The maximum Gasteiger partial charge on any atom is 0.299 e. The Balaban J connectivity index is 1.56. The van der Waals surface area contributed by atoms with E-state index < -0.39 is 11.7 Å². The fourth-order valence-corrected chi connectivity index (χ4v) is 3.23. The fraction of sp³-hybridized carbons (Fsp3) is 0.263. The lowest BCUT2D eigenvalue weighted by molar-refractivity contribution is -0.114. The fourth-order valence-electron chi connectivity index (χ4n) is 2.90. The molecule has 2 aromatic rings. The van der Waals surface area contributed by atoms with Crippen LogP contribution in [0.1, 0.15) is 28.8 Å². The van der Waals surface area contributed by atoms with Crippen LogP contribution in [-0.4, -0.2) is 24.8 Å². The number of ether oxygens (including phenoxy) is 1. The van der Waals surface area contributed by atoms with Gasteiger partial charge in [0.05, 0.1) is 22.9 Å². The molecule has 0 fully saturated rings. The molecule has 0 aliphatic carbocycles. The minimum Gasteiger partial charge on any atom is -0.492 e. The summed E-state index contributed by atoms with van der Waals surface area (Å²) in [7, 11) is 0. The van der Waals surface area contributed by atoms with Gasteiger partial charge in [0.1, 0.15) is 5.75 Å². The molecule has 0 radical (unpaired) electrons. The minimum atomic E-state index is -0.455. The van der Waals surface area contributed by atoms with E-state index in [0.29, 0.717) is 40.9 Å². The summed E-state index contributed by atoms with van der Waals surface area (Å²) in [5, 5.41) is 1.07. The van der Waals surface area contributed by atoms with Gasteiger partial charge < -0.3 is 9.64 Å². The number of unbranched alkanes of at least 4 members (excludes halogenated alkanes) is 1. The number of hydrogen-bond donors (Lipinski definition) is 0. The number of aryl methyl sites for hydroxylation is 1. The molecule has 0 N–H and O–H groups in total. The highest BCUT2D eigenvalue weighted by atomic mass is 35.5. The number of nitrogens with zero attached hydrogens (tertiary/aromatic N) is 1. The van der Waals surface area contributed by atoms with Crippen LogP contribution in [0.4, 0.5) is 5.69 Å². The van der Waals surface area contributed by atoms with Gasteiger partial charge in [-0.3, -0.25) is 9.59 Å². The maximum absolute atomic E-state index is 12.2. The summed E-state index contributed by atoms with van der Waals surface area (Å²) in [5.41, 5.74) is 2.15. The van der Waals surface area contributed by atoms with E-state index in [0.717, 1.165) is 17.7 Å². The van der Waals surface area contributed by atoms with Crippen molar-refractivity contribution < 1.29 is 14.3 Å². The van der Waals surface area contributed by atoms with Crippen molar-refractivity contribution in [1.29, 1.82) is 0 Å². The van der Waals surface area contributed by atoms with Crippen molar-refractivity contribution >= 4 is 40.6 Å². The van der Waals surface area contributed by atoms with E-state index in [1.165, 1.54) is 0 Å². The molecule has 1 aliphatic rings. The van der Waals surface area contributed by atoms with Crippen LogP contribution in [0.2, 0.25) is 10.0 Å². The van der Waals surface area contributed by atoms with Crippen LogP contribution in [-0.2, 0) is 4.79 Å². The number of hydrogen-bond acceptors (Lipinski definition) is 3. The van der Waals surface area contributed by atoms with Gasteiger partial charge in [0.2, 0.25) is 0 Å². The number of Topliss-reactive ketones (excluding diaryl/α,β-unsaturated/α-hetero) is 1. The second-order valence-electron chi connectivity index (χ2n) is 5.89. The molecular weight excluding hydrogens is 361 g/mol. The Morgan fingerprint density at radius 2 is 1.88 bits per heavy atom. The Hall–Kier alpha value is -2.04. The van der Waals surface area contributed by atoms with Crippen molar-refractivity contribution in [3.8, 4) is 5.75 Å². The number of ketones is 1. The molecule has 25 heavy (non-hydrogen) atoms. The summed E-state index contributed by atoms with van der Waals surface area (Å²) in [5.74, 6) is -0.341. The number of benzene rings is 2. The van der Waals surface area contributed by atoms with Crippen molar-refractivity contribution in [2.75, 3.05) is 18.1 Å². The molecule has 0 saturated carbocycles. The van der Waals surface area contributed by atoms with Crippen molar-refractivity contribution in [3.63, 3.8) is 0 Å². The molecule has 0 unspecified atom stereocenters. The molecule has 4 nitrogen and oxygen atoms in total. The van der Waals surface area contributed by atoms with Crippen LogP contribution in [0.15, 0.2) is 36.4 Å². The highest BCUT2D eigenvalue weighted by Crippen LogP contribution is 2.32. The normalized spacial score (nSPS) is 13.3. The number of halogens is 2. The van der Waals surface area contributed by atoms with Gasteiger partial charge in [-0.1, -0.05) is 35.3 Å². The smallest absolute Gasteiger partial charge is 0.299 e. The zero-order valence-electron chi connectivity index (χ0n) is 13.7. The van der Waals surface area contributed by atoms with E-state index in [2.05, 4.69) is 0 Å². The van der Waals surface area contributed by atoms with E-state index in [9.17, 15) is 9.59 Å². The molecule has 1 amide bonds. The second-order valence-corrected chi connectivity index (χ2v) is 6.73. The van der Waals surface area contributed by atoms with Gasteiger partial charge in [-0.25, -0.2) is 0 Å². The maximum atomic E-state index is 12.2. The van der Waals surface area contributed by atoms with E-state index in [1.54, 1.807) is 35.2 Å². The molecule has 0 aromatic heterocycles. The molecule has 0 spiro atoms. The van der Waals surface area contributed by atoms with Crippen LogP contribution in [0, 0.1) is 6.92 Å². The van der Waals surface area contributed by atoms with Crippen LogP contribution in [0.5, 0.6) is 5.75 Å². The van der Waals surface area contributed by atoms with Crippen LogP contribution < -0.4 is 9.64 Å². The lowest BCUT2D eigenvalue weighted by Gasteiger charge is -2.18. The van der Waals surface area contributed by atoms with Gasteiger partial charge in [0, 0.05) is 17.6 Å². The number of amides is 1. The first-order valence-electron chi connectivity index (χ1n) is 8.02. The Morgan fingerprint density at radius 3 is 2.68 bits per heavy atom. The Morgan fingerprint density at radius 1 is 1.08 bits per heavy atom. The standard InChI is InChI=1S/C19H17Cl2NO3/c1-12-5-4-6-14-17(12)22(19(24)18(14)23)9-2-3-10-25-16-11-13(20)7-8-15(16)21/h4-8,11H,2-3,9-10H2,1H3. The Labute approximate surface area is 156 Å². The Bertz CT molecular complexity index is 835. The number of rotatable bonds is 6. The molecule has 0 atom stereocenters. The van der Waals surface area contributed by atoms with Gasteiger partial charge in [0.15, 0.2) is 0 Å². The minimum absolute atomic E-state index is 0.430. The van der Waals surface area contributed by atoms with Gasteiger partial charge in [-0.15, -0.1) is 0 Å². The van der Waals surface area contributed by atoms with E-state index in [4.69, 9.17) is 27.9 Å². The van der Waals surface area contributed by atoms with Crippen molar-refractivity contribution in [3.05, 3.63) is 57.6 Å². The molecule has 6 heteroatoms. The zero-order valence-corrected chi connectivity index (χ0v) is 15.2.